The average molecular weight is 398 g/mol. The Morgan fingerprint density at radius 3 is 2.55 bits per heavy atom. The van der Waals surface area contributed by atoms with Crippen LogP contribution in [0, 0.1) is 0 Å². The fraction of sp³-hybridized carbons (Fsp3) is 0.364. The maximum Gasteiger partial charge on any atom is 0.344 e. The lowest BCUT2D eigenvalue weighted by molar-refractivity contribution is 0.00671. The van der Waals surface area contributed by atoms with E-state index in [1.807, 2.05) is 11.9 Å². The molecule has 2 heterocycles. The van der Waals surface area contributed by atoms with Gasteiger partial charge in [0.15, 0.2) is 16.9 Å². The number of hydrogen-bond acceptors (Lipinski definition) is 6. The first kappa shape index (κ1) is 20.5. The van der Waals surface area contributed by atoms with Gasteiger partial charge in [-0.3, -0.25) is 9.47 Å². The number of aromatic nitrogens is 1. The summed E-state index contributed by atoms with van der Waals surface area (Å²) in [6, 6.07) is 4.73. The Morgan fingerprint density at radius 2 is 1.97 bits per heavy atom. The minimum atomic E-state index is -0.712. The molecule has 0 atom stereocenters. The highest BCUT2D eigenvalue weighted by Gasteiger charge is 2.27. The zero-order valence-electron chi connectivity index (χ0n) is 17.4. The summed E-state index contributed by atoms with van der Waals surface area (Å²) in [5.74, 6) is -0.327. The molecule has 1 aromatic carbocycles. The normalized spacial score (nSPS) is 12.8. The maximum atomic E-state index is 12.7. The monoisotopic (exact) mass is 398 g/mol. The topological polar surface area (TPSA) is 81.0 Å². The molecule has 0 unspecified atom stereocenters. The van der Waals surface area contributed by atoms with Gasteiger partial charge in [-0.1, -0.05) is 12.2 Å². The second-order valence-corrected chi connectivity index (χ2v) is 8.24. The number of aromatic hydroxyl groups is 1. The number of carbonyl (C=O) groups is 1. The number of ether oxygens (including phenoxy) is 2. The van der Waals surface area contributed by atoms with Gasteiger partial charge in [-0.05, 0) is 45.4 Å². The van der Waals surface area contributed by atoms with E-state index in [1.54, 1.807) is 37.6 Å². The van der Waals surface area contributed by atoms with Crippen LogP contribution in [0.3, 0.4) is 0 Å². The van der Waals surface area contributed by atoms with E-state index in [1.165, 1.54) is 19.4 Å². The molecule has 1 aliphatic heterocycles. The molecule has 0 amide bonds. The van der Waals surface area contributed by atoms with E-state index in [2.05, 4.69) is 6.58 Å². The summed E-state index contributed by atoms with van der Waals surface area (Å²) >= 11 is 0. The van der Waals surface area contributed by atoms with E-state index in [0.717, 1.165) is 11.1 Å². The number of carbonyl (C=O) groups excluding carboxylic acids is 1. The number of pyridine rings is 1. The third-order valence-corrected chi connectivity index (χ3v) is 4.44. The number of hydrogen-bond donors (Lipinski definition) is 1. The quantitative estimate of drug-likeness (QED) is 0.629. The van der Waals surface area contributed by atoms with Crippen LogP contribution in [-0.4, -0.2) is 35.0 Å². The van der Waals surface area contributed by atoms with Crippen LogP contribution in [0.25, 0.3) is 11.3 Å². The zero-order chi connectivity index (χ0) is 21.5. The fourth-order valence-electron chi connectivity index (χ4n) is 3.30. The second-order valence-electron chi connectivity index (χ2n) is 8.24. The van der Waals surface area contributed by atoms with E-state index in [4.69, 9.17) is 9.47 Å². The molecule has 2 aromatic rings. The Balaban J connectivity index is 2.19. The van der Waals surface area contributed by atoms with Crippen molar-refractivity contribution in [2.24, 2.45) is 0 Å². The molecule has 0 bridgehead atoms. The number of rotatable bonds is 4. The summed E-state index contributed by atoms with van der Waals surface area (Å²) in [7, 11) is 1.49. The first-order chi connectivity index (χ1) is 13.5. The van der Waals surface area contributed by atoms with E-state index in [-0.39, 0.29) is 11.3 Å². The molecule has 29 heavy (non-hydrogen) atoms. The van der Waals surface area contributed by atoms with Crippen LogP contribution in [0.5, 0.6) is 11.5 Å². The van der Waals surface area contributed by atoms with Gasteiger partial charge in [-0.2, -0.15) is 0 Å². The fourth-order valence-corrected chi connectivity index (χ4v) is 3.30. The highest BCUT2D eigenvalue weighted by atomic mass is 16.6. The lowest BCUT2D eigenvalue weighted by Crippen LogP contribution is -2.41. The Hall–Kier alpha value is -3.22. The highest BCUT2D eigenvalue weighted by Crippen LogP contribution is 2.37. The lowest BCUT2D eigenvalue weighted by Gasteiger charge is -2.35. The standard InChI is InChI=1S/C22H26N2O5/c1-13(2)10-23-11-14-7-20(28-6)19(26)8-15(14)17-9-18(25)16(12-24(17)23)21(27)29-22(3,4)5/h7-9,12,26H,1,10-11H2,2-6H3. The number of nitrogens with zero attached hydrogens (tertiary/aromatic N) is 2. The Labute approximate surface area is 169 Å². The Morgan fingerprint density at radius 1 is 1.28 bits per heavy atom. The summed E-state index contributed by atoms with van der Waals surface area (Å²) in [5.41, 5.74) is 1.89. The molecule has 0 fully saturated rings. The molecule has 7 nitrogen and oxygen atoms in total. The van der Waals surface area contributed by atoms with Crippen LogP contribution in [0.15, 0.2) is 41.3 Å². The van der Waals surface area contributed by atoms with Crippen molar-refractivity contribution in [3.63, 3.8) is 0 Å². The predicted octanol–water partition coefficient (Wildman–Crippen LogP) is 3.21. The number of esters is 1. The molecule has 1 N–H and O–H groups in total. The van der Waals surface area contributed by atoms with Gasteiger partial charge < -0.3 is 19.6 Å². The first-order valence-electron chi connectivity index (χ1n) is 9.30. The number of fused-ring (bicyclic) bond motifs is 3. The molecule has 7 heteroatoms. The third-order valence-electron chi connectivity index (χ3n) is 4.44. The van der Waals surface area contributed by atoms with Crippen molar-refractivity contribution in [2.45, 2.75) is 39.8 Å². The van der Waals surface area contributed by atoms with Crippen molar-refractivity contribution >= 4 is 5.97 Å². The van der Waals surface area contributed by atoms with Gasteiger partial charge in [-0.15, -0.1) is 0 Å². The molecular weight excluding hydrogens is 372 g/mol. The number of phenolic OH excluding ortho intramolecular Hbond substituents is 1. The van der Waals surface area contributed by atoms with Gasteiger partial charge in [-0.25, -0.2) is 4.79 Å². The van der Waals surface area contributed by atoms with Gasteiger partial charge in [0.05, 0.1) is 25.9 Å². The van der Waals surface area contributed by atoms with Crippen LogP contribution in [0.2, 0.25) is 0 Å². The van der Waals surface area contributed by atoms with Gasteiger partial charge in [0.1, 0.15) is 11.2 Å². The largest absolute Gasteiger partial charge is 0.504 e. The number of methoxy groups -OCH3 is 1. The van der Waals surface area contributed by atoms with Crippen molar-refractivity contribution in [3.05, 3.63) is 57.9 Å². The van der Waals surface area contributed by atoms with Crippen LogP contribution < -0.4 is 15.2 Å². The molecular formula is C22H26N2O5. The SMILES string of the molecule is C=C(C)CN1Cc2cc(OC)c(O)cc2-c2cc(=O)c(C(=O)OC(C)(C)C)cn21. The molecule has 0 aliphatic carbocycles. The first-order valence-corrected chi connectivity index (χ1v) is 9.30. The molecule has 1 aromatic heterocycles. The molecule has 0 radical (unpaired) electrons. The van der Waals surface area contributed by atoms with E-state index in [9.17, 15) is 14.7 Å². The molecule has 0 saturated carbocycles. The maximum absolute atomic E-state index is 12.7. The Bertz CT molecular complexity index is 1050. The molecule has 3 rings (SSSR count). The minimum Gasteiger partial charge on any atom is -0.504 e. The van der Waals surface area contributed by atoms with Gasteiger partial charge >= 0.3 is 5.97 Å². The average Bonchev–Trinajstić information content (AvgIpc) is 2.59. The molecule has 0 spiro atoms. The number of phenols is 1. The van der Waals surface area contributed by atoms with Crippen molar-refractivity contribution in [2.75, 3.05) is 18.7 Å². The summed E-state index contributed by atoms with van der Waals surface area (Å²) in [6.07, 6.45) is 1.50. The summed E-state index contributed by atoms with van der Waals surface area (Å²) < 4.78 is 12.4. The highest BCUT2D eigenvalue weighted by molar-refractivity contribution is 5.90. The third kappa shape index (κ3) is 4.13. The Kier molecular flexibility index (Phi) is 5.17. The zero-order valence-corrected chi connectivity index (χ0v) is 17.4. The summed E-state index contributed by atoms with van der Waals surface area (Å²) in [4.78, 5) is 25.3. The number of benzene rings is 1. The predicted molar refractivity (Wildman–Crippen MR) is 111 cm³/mol. The minimum absolute atomic E-state index is 0.0187. The van der Waals surface area contributed by atoms with Gasteiger partial charge in [0.25, 0.3) is 0 Å². The van der Waals surface area contributed by atoms with Crippen LogP contribution in [0.1, 0.15) is 43.6 Å². The van der Waals surface area contributed by atoms with Crippen molar-refractivity contribution < 1.29 is 19.4 Å². The smallest absolute Gasteiger partial charge is 0.344 e. The van der Waals surface area contributed by atoms with E-state index in [0.29, 0.717) is 30.1 Å². The molecule has 154 valence electrons. The van der Waals surface area contributed by atoms with Crippen molar-refractivity contribution in [1.82, 2.24) is 4.68 Å². The van der Waals surface area contributed by atoms with E-state index >= 15 is 0 Å². The molecule has 0 saturated heterocycles. The van der Waals surface area contributed by atoms with Crippen molar-refractivity contribution in [3.8, 4) is 22.8 Å². The summed E-state index contributed by atoms with van der Waals surface area (Å²) in [5, 5.41) is 12.2. The summed E-state index contributed by atoms with van der Waals surface area (Å²) in [6.45, 7) is 12.1. The van der Waals surface area contributed by atoms with E-state index < -0.39 is 17.0 Å². The lowest BCUT2D eigenvalue weighted by atomic mass is 9.99. The van der Waals surface area contributed by atoms with Crippen LogP contribution in [0.4, 0.5) is 0 Å². The van der Waals surface area contributed by atoms with Gasteiger partial charge in [0, 0.05) is 17.8 Å². The molecule has 1 aliphatic rings. The van der Waals surface area contributed by atoms with Gasteiger partial charge in [0.2, 0.25) is 0 Å². The second kappa shape index (κ2) is 7.31. The van der Waals surface area contributed by atoms with Crippen molar-refractivity contribution in [1.29, 1.82) is 0 Å². The van der Waals surface area contributed by atoms with Crippen LogP contribution >= 0.6 is 0 Å². The van der Waals surface area contributed by atoms with Crippen LogP contribution in [-0.2, 0) is 11.3 Å².